The van der Waals surface area contributed by atoms with Gasteiger partial charge in [-0.25, -0.2) is 0 Å². The van der Waals surface area contributed by atoms with Gasteiger partial charge >= 0.3 is 0 Å². The topological polar surface area (TPSA) is 56.6 Å². The SMILES string of the molecule is CCOc1cc2c(cc1OCC)CN(C(=O)c1cnn(Cc3ccccc3)c1)CC2. The zero-order chi connectivity index (χ0) is 20.9. The molecule has 0 N–H and O–H groups in total. The van der Waals surface area contributed by atoms with Crippen LogP contribution in [-0.2, 0) is 19.5 Å². The van der Waals surface area contributed by atoms with Crippen LogP contribution in [0.5, 0.6) is 11.5 Å². The number of aromatic nitrogens is 2. The maximum atomic E-state index is 13.1. The number of carbonyl (C=O) groups is 1. The van der Waals surface area contributed by atoms with E-state index in [0.717, 1.165) is 29.0 Å². The fraction of sp³-hybridized carbons (Fsp3) is 0.333. The summed E-state index contributed by atoms with van der Waals surface area (Å²) < 4.78 is 13.3. The van der Waals surface area contributed by atoms with E-state index >= 15 is 0 Å². The Morgan fingerprint density at radius 3 is 2.43 bits per heavy atom. The third-order valence-corrected chi connectivity index (χ3v) is 5.23. The molecule has 1 aliphatic heterocycles. The molecule has 2 aromatic carbocycles. The highest BCUT2D eigenvalue weighted by molar-refractivity contribution is 5.93. The molecule has 156 valence electrons. The molecule has 2 heterocycles. The molecule has 0 atom stereocenters. The Kier molecular flexibility index (Phi) is 6.02. The van der Waals surface area contributed by atoms with Crippen LogP contribution < -0.4 is 9.47 Å². The lowest BCUT2D eigenvalue weighted by Gasteiger charge is -2.29. The van der Waals surface area contributed by atoms with Crippen LogP contribution in [0.15, 0.2) is 54.9 Å². The normalized spacial score (nSPS) is 13.1. The maximum Gasteiger partial charge on any atom is 0.257 e. The van der Waals surface area contributed by atoms with Crippen LogP contribution in [0.3, 0.4) is 0 Å². The van der Waals surface area contributed by atoms with Gasteiger partial charge in [0, 0.05) is 19.3 Å². The van der Waals surface area contributed by atoms with Crippen molar-refractivity contribution in [2.24, 2.45) is 0 Å². The second kappa shape index (κ2) is 9.03. The molecule has 0 saturated carbocycles. The van der Waals surface area contributed by atoms with E-state index in [-0.39, 0.29) is 5.91 Å². The number of ether oxygens (including phenoxy) is 2. The number of rotatable bonds is 7. The molecular weight excluding hydrogens is 378 g/mol. The monoisotopic (exact) mass is 405 g/mol. The molecule has 0 unspecified atom stereocenters. The molecule has 0 radical (unpaired) electrons. The fourth-order valence-corrected chi connectivity index (χ4v) is 3.79. The number of fused-ring (bicyclic) bond motifs is 1. The summed E-state index contributed by atoms with van der Waals surface area (Å²) in [5.41, 5.74) is 4.09. The average molecular weight is 405 g/mol. The van der Waals surface area contributed by atoms with Gasteiger partial charge in [-0.15, -0.1) is 0 Å². The molecule has 1 amide bonds. The van der Waals surface area contributed by atoms with Gasteiger partial charge in [-0.2, -0.15) is 5.10 Å². The zero-order valence-electron chi connectivity index (χ0n) is 17.5. The molecule has 6 nitrogen and oxygen atoms in total. The fourth-order valence-electron chi connectivity index (χ4n) is 3.79. The van der Waals surface area contributed by atoms with E-state index in [1.54, 1.807) is 6.20 Å². The molecule has 3 aromatic rings. The highest BCUT2D eigenvalue weighted by Gasteiger charge is 2.24. The van der Waals surface area contributed by atoms with Gasteiger partial charge < -0.3 is 14.4 Å². The lowest BCUT2D eigenvalue weighted by Crippen LogP contribution is -2.35. The van der Waals surface area contributed by atoms with Crippen molar-refractivity contribution < 1.29 is 14.3 Å². The van der Waals surface area contributed by atoms with Crippen LogP contribution in [0.4, 0.5) is 0 Å². The minimum atomic E-state index is 0.00630. The number of hydrogen-bond donors (Lipinski definition) is 0. The van der Waals surface area contributed by atoms with E-state index in [1.165, 1.54) is 5.56 Å². The Hall–Kier alpha value is -3.28. The smallest absolute Gasteiger partial charge is 0.257 e. The highest BCUT2D eigenvalue weighted by Crippen LogP contribution is 2.34. The van der Waals surface area contributed by atoms with E-state index < -0.39 is 0 Å². The molecular formula is C24H27N3O3. The summed E-state index contributed by atoms with van der Waals surface area (Å²) in [6, 6.07) is 14.2. The van der Waals surface area contributed by atoms with E-state index in [0.29, 0.717) is 38.4 Å². The van der Waals surface area contributed by atoms with Crippen molar-refractivity contribution in [1.82, 2.24) is 14.7 Å². The number of amides is 1. The Labute approximate surface area is 177 Å². The molecule has 0 saturated heterocycles. The van der Waals surface area contributed by atoms with Crippen molar-refractivity contribution in [3.05, 3.63) is 77.1 Å². The van der Waals surface area contributed by atoms with Crippen LogP contribution in [0.2, 0.25) is 0 Å². The molecule has 30 heavy (non-hydrogen) atoms. The largest absolute Gasteiger partial charge is 0.490 e. The molecule has 0 aliphatic carbocycles. The number of hydrogen-bond acceptors (Lipinski definition) is 4. The first-order chi connectivity index (χ1) is 14.7. The van der Waals surface area contributed by atoms with Crippen LogP contribution in [0.1, 0.15) is 40.9 Å². The average Bonchev–Trinajstić information content (AvgIpc) is 3.23. The standard InChI is InChI=1S/C24H27N3O3/c1-3-29-22-12-19-10-11-26(16-20(19)13-23(22)30-4-2)24(28)21-14-25-27(17-21)15-18-8-6-5-7-9-18/h5-9,12-14,17H,3-4,10-11,15-16H2,1-2H3. The van der Waals surface area contributed by atoms with Gasteiger partial charge in [0.15, 0.2) is 11.5 Å². The first-order valence-corrected chi connectivity index (χ1v) is 10.4. The van der Waals surface area contributed by atoms with Crippen molar-refractivity contribution in [3.8, 4) is 11.5 Å². The van der Waals surface area contributed by atoms with Crippen molar-refractivity contribution in [2.45, 2.75) is 33.4 Å². The number of benzene rings is 2. The van der Waals surface area contributed by atoms with E-state index in [2.05, 4.69) is 23.3 Å². The second-order valence-electron chi connectivity index (χ2n) is 7.32. The van der Waals surface area contributed by atoms with Crippen molar-refractivity contribution in [1.29, 1.82) is 0 Å². The van der Waals surface area contributed by atoms with Crippen molar-refractivity contribution in [3.63, 3.8) is 0 Å². The van der Waals surface area contributed by atoms with E-state index in [4.69, 9.17) is 9.47 Å². The van der Waals surface area contributed by atoms with Gasteiger partial charge in [0.05, 0.1) is 31.5 Å². The molecule has 6 heteroatoms. The molecule has 1 aromatic heterocycles. The first kappa shape index (κ1) is 20.0. The zero-order valence-corrected chi connectivity index (χ0v) is 17.5. The van der Waals surface area contributed by atoms with Gasteiger partial charge in [0.1, 0.15) is 0 Å². The van der Waals surface area contributed by atoms with Gasteiger partial charge in [-0.05, 0) is 49.1 Å². The van der Waals surface area contributed by atoms with Crippen LogP contribution >= 0.6 is 0 Å². The van der Waals surface area contributed by atoms with Gasteiger partial charge in [0.25, 0.3) is 5.91 Å². The minimum Gasteiger partial charge on any atom is -0.490 e. The Morgan fingerprint density at radius 2 is 1.73 bits per heavy atom. The molecule has 0 bridgehead atoms. The third-order valence-electron chi connectivity index (χ3n) is 5.23. The lowest BCUT2D eigenvalue weighted by atomic mass is 9.98. The predicted octanol–water partition coefficient (Wildman–Crippen LogP) is 3.93. The highest BCUT2D eigenvalue weighted by atomic mass is 16.5. The van der Waals surface area contributed by atoms with Crippen LogP contribution in [0, 0.1) is 0 Å². The summed E-state index contributed by atoms with van der Waals surface area (Å²) in [6.45, 7) is 6.97. The van der Waals surface area contributed by atoms with E-state index in [9.17, 15) is 4.79 Å². The maximum absolute atomic E-state index is 13.1. The Bertz CT molecular complexity index is 1010. The van der Waals surface area contributed by atoms with Crippen molar-refractivity contribution >= 4 is 5.91 Å². The van der Waals surface area contributed by atoms with Crippen molar-refractivity contribution in [2.75, 3.05) is 19.8 Å². The molecule has 0 fully saturated rings. The van der Waals surface area contributed by atoms with Crippen LogP contribution in [0.25, 0.3) is 0 Å². The Balaban J connectivity index is 1.49. The molecule has 4 rings (SSSR count). The number of carbonyl (C=O) groups excluding carboxylic acids is 1. The summed E-state index contributed by atoms with van der Waals surface area (Å²) >= 11 is 0. The quantitative estimate of drug-likeness (QED) is 0.598. The summed E-state index contributed by atoms with van der Waals surface area (Å²) in [5.74, 6) is 1.52. The van der Waals surface area contributed by atoms with Gasteiger partial charge in [-0.1, -0.05) is 30.3 Å². The number of nitrogens with zero attached hydrogens (tertiary/aromatic N) is 3. The van der Waals surface area contributed by atoms with Gasteiger partial charge in [-0.3, -0.25) is 9.48 Å². The lowest BCUT2D eigenvalue weighted by molar-refractivity contribution is 0.0734. The third kappa shape index (κ3) is 4.32. The first-order valence-electron chi connectivity index (χ1n) is 10.4. The second-order valence-corrected chi connectivity index (χ2v) is 7.32. The van der Waals surface area contributed by atoms with Crippen LogP contribution in [-0.4, -0.2) is 40.3 Å². The van der Waals surface area contributed by atoms with E-state index in [1.807, 2.05) is 53.9 Å². The summed E-state index contributed by atoms with van der Waals surface area (Å²) in [6.07, 6.45) is 4.28. The minimum absolute atomic E-state index is 0.00630. The summed E-state index contributed by atoms with van der Waals surface area (Å²) in [5, 5.41) is 4.37. The molecule has 0 spiro atoms. The summed E-state index contributed by atoms with van der Waals surface area (Å²) in [4.78, 5) is 14.9. The Morgan fingerprint density at radius 1 is 1.03 bits per heavy atom. The van der Waals surface area contributed by atoms with Gasteiger partial charge in [0.2, 0.25) is 0 Å². The summed E-state index contributed by atoms with van der Waals surface area (Å²) in [7, 11) is 0. The molecule has 1 aliphatic rings. The predicted molar refractivity (Wildman–Crippen MR) is 115 cm³/mol.